The van der Waals surface area contributed by atoms with Crippen molar-refractivity contribution in [2.45, 2.75) is 49.2 Å². The van der Waals surface area contributed by atoms with Crippen LogP contribution in [0.15, 0.2) is 82.8 Å². The Morgan fingerprint density at radius 2 is 1.82 bits per heavy atom. The minimum Gasteiger partial charge on any atom is -0.505 e. The van der Waals surface area contributed by atoms with Gasteiger partial charge in [0.2, 0.25) is 5.13 Å². The molecule has 9 nitrogen and oxygen atoms in total. The predicted octanol–water partition coefficient (Wildman–Crippen LogP) is 7.64. The van der Waals surface area contributed by atoms with Gasteiger partial charge in [0.25, 0.3) is 5.78 Å². The van der Waals surface area contributed by atoms with Crippen molar-refractivity contribution in [1.82, 2.24) is 19.6 Å². The highest BCUT2D eigenvalue weighted by Gasteiger charge is 2.49. The number of ether oxygens (including phenoxy) is 1. The molecule has 1 fully saturated rings. The normalized spacial score (nSPS) is 16.2. The number of unbranched alkanes of at least 4 members (excludes halogenated alkanes) is 2. The number of rotatable bonds is 11. The minimum atomic E-state index is -0.956. The van der Waals surface area contributed by atoms with Crippen LogP contribution in [0.2, 0.25) is 5.02 Å². The van der Waals surface area contributed by atoms with Gasteiger partial charge in [0, 0.05) is 17.0 Å². The molecule has 1 aliphatic rings. The summed E-state index contributed by atoms with van der Waals surface area (Å²) < 4.78 is 8.21. The molecule has 45 heavy (non-hydrogen) atoms. The second-order valence-corrected chi connectivity index (χ2v) is 13.1. The number of amides is 1. The lowest BCUT2D eigenvalue weighted by molar-refractivity contribution is -0.132. The summed E-state index contributed by atoms with van der Waals surface area (Å²) in [6.07, 6.45) is 4.88. The zero-order valence-corrected chi connectivity index (χ0v) is 27.0. The molecular formula is C33H30ClN5O4S2. The molecule has 5 aromatic rings. The molecule has 0 spiro atoms. The van der Waals surface area contributed by atoms with E-state index in [0.29, 0.717) is 50.1 Å². The number of benzene rings is 2. The summed E-state index contributed by atoms with van der Waals surface area (Å²) in [5, 5.41) is 21.3. The number of carbonyl (C=O) groups is 2. The number of nitrogens with zero attached hydrogens (tertiary/aromatic N) is 5. The quantitative estimate of drug-likeness (QED) is 0.0385. The number of anilines is 1. The van der Waals surface area contributed by atoms with Crippen LogP contribution in [0.3, 0.4) is 0 Å². The summed E-state index contributed by atoms with van der Waals surface area (Å²) in [5.41, 5.74) is 2.98. The first-order valence-electron chi connectivity index (χ1n) is 14.5. The molecule has 0 radical (unpaired) electrons. The summed E-state index contributed by atoms with van der Waals surface area (Å²) in [5.74, 6) is -0.688. The van der Waals surface area contributed by atoms with E-state index in [1.165, 1.54) is 28.0 Å². The highest BCUT2D eigenvalue weighted by Crippen LogP contribution is 2.44. The Labute approximate surface area is 273 Å². The molecule has 1 unspecified atom stereocenters. The van der Waals surface area contributed by atoms with Gasteiger partial charge in [-0.1, -0.05) is 90.9 Å². The molecule has 1 amide bonds. The molecule has 12 heteroatoms. The molecule has 0 aliphatic carbocycles. The Bertz CT molecular complexity index is 1900. The summed E-state index contributed by atoms with van der Waals surface area (Å²) in [7, 11) is 0. The van der Waals surface area contributed by atoms with E-state index < -0.39 is 17.7 Å². The number of thioether (sulfide) groups is 1. The first-order chi connectivity index (χ1) is 21.9. The van der Waals surface area contributed by atoms with Crippen LogP contribution in [0, 0.1) is 6.92 Å². The smallest absolute Gasteiger partial charge is 0.301 e. The molecule has 1 N–H and O–H groups in total. The highest BCUT2D eigenvalue weighted by molar-refractivity contribution is 8.00. The van der Waals surface area contributed by atoms with Gasteiger partial charge in [-0.25, -0.2) is 4.98 Å². The third-order valence-electron chi connectivity index (χ3n) is 7.50. The molecule has 4 heterocycles. The lowest BCUT2D eigenvalue weighted by Gasteiger charge is -2.22. The fourth-order valence-corrected chi connectivity index (χ4v) is 7.43. The lowest BCUT2D eigenvalue weighted by Crippen LogP contribution is -2.29. The van der Waals surface area contributed by atoms with Crippen LogP contribution in [0.5, 0.6) is 5.75 Å². The van der Waals surface area contributed by atoms with E-state index in [1.54, 1.807) is 29.7 Å². The first-order valence-corrected chi connectivity index (χ1v) is 16.7. The zero-order chi connectivity index (χ0) is 31.5. The fourth-order valence-electron chi connectivity index (χ4n) is 5.27. The highest BCUT2D eigenvalue weighted by atomic mass is 35.5. The van der Waals surface area contributed by atoms with Crippen LogP contribution >= 0.6 is 34.7 Å². The number of fused-ring (bicyclic) bond motifs is 1. The van der Waals surface area contributed by atoms with Crippen molar-refractivity contribution in [3.8, 4) is 5.75 Å². The fraction of sp³-hybridized carbons (Fsp3) is 0.242. The SMILES string of the molecule is CCCCCOc1ccc(C2C(=C(O)c3c(C)nc4ccccn34)C(=O)C(=O)N2c2nnc(SCc3ccccc3Cl)s2)cc1. The van der Waals surface area contributed by atoms with E-state index in [1.807, 2.05) is 54.6 Å². The average Bonchev–Trinajstić information content (AvgIpc) is 3.72. The summed E-state index contributed by atoms with van der Waals surface area (Å²) in [6.45, 7) is 4.49. The van der Waals surface area contributed by atoms with Crippen LogP contribution in [0.1, 0.15) is 54.7 Å². The molecule has 230 valence electrons. The number of hydrogen-bond donors (Lipinski definition) is 1. The van der Waals surface area contributed by atoms with Crippen LogP contribution in [0.4, 0.5) is 5.13 Å². The largest absolute Gasteiger partial charge is 0.505 e. The van der Waals surface area contributed by atoms with Gasteiger partial charge in [0.05, 0.1) is 23.9 Å². The monoisotopic (exact) mass is 659 g/mol. The van der Waals surface area contributed by atoms with E-state index in [9.17, 15) is 14.7 Å². The average molecular weight is 660 g/mol. The zero-order valence-electron chi connectivity index (χ0n) is 24.6. The third kappa shape index (κ3) is 6.20. The number of pyridine rings is 1. The van der Waals surface area contributed by atoms with Crippen LogP contribution in [0.25, 0.3) is 11.4 Å². The van der Waals surface area contributed by atoms with Gasteiger partial charge in [-0.3, -0.25) is 18.9 Å². The number of aryl methyl sites for hydroxylation is 1. The molecule has 2 aromatic carbocycles. The van der Waals surface area contributed by atoms with Gasteiger partial charge in [-0.05, 0) is 54.8 Å². The molecule has 6 rings (SSSR count). The second-order valence-electron chi connectivity index (χ2n) is 10.5. The van der Waals surface area contributed by atoms with Crippen molar-refractivity contribution in [1.29, 1.82) is 0 Å². The van der Waals surface area contributed by atoms with Crippen molar-refractivity contribution in [2.75, 3.05) is 11.5 Å². The number of aromatic nitrogens is 4. The third-order valence-corrected chi connectivity index (χ3v) is 9.97. The Balaban J connectivity index is 1.39. The van der Waals surface area contributed by atoms with Crippen LogP contribution < -0.4 is 9.64 Å². The van der Waals surface area contributed by atoms with Crippen LogP contribution in [-0.4, -0.2) is 43.0 Å². The van der Waals surface area contributed by atoms with E-state index in [4.69, 9.17) is 16.3 Å². The summed E-state index contributed by atoms with van der Waals surface area (Å²) in [4.78, 5) is 33.3. The van der Waals surface area contributed by atoms with Gasteiger partial charge >= 0.3 is 5.91 Å². The van der Waals surface area contributed by atoms with Gasteiger partial charge < -0.3 is 9.84 Å². The van der Waals surface area contributed by atoms with Gasteiger partial charge in [0.1, 0.15) is 17.1 Å². The number of hydrogen-bond acceptors (Lipinski definition) is 9. The van der Waals surface area contributed by atoms with E-state index in [-0.39, 0.29) is 16.5 Å². The number of ketones is 1. The molecule has 1 aliphatic heterocycles. The number of imidazole rings is 1. The van der Waals surface area contributed by atoms with Gasteiger partial charge in [-0.15, -0.1) is 10.2 Å². The number of aliphatic hydroxyl groups is 1. The lowest BCUT2D eigenvalue weighted by atomic mass is 9.96. The summed E-state index contributed by atoms with van der Waals surface area (Å²) in [6, 6.07) is 19.3. The van der Waals surface area contributed by atoms with E-state index >= 15 is 0 Å². The Hall–Kier alpha value is -4.19. The molecular weight excluding hydrogens is 630 g/mol. The molecule has 1 saturated heterocycles. The Morgan fingerprint density at radius 1 is 1.04 bits per heavy atom. The number of aliphatic hydroxyl groups excluding tert-OH is 1. The summed E-state index contributed by atoms with van der Waals surface area (Å²) >= 11 is 8.96. The standard InChI is InChI=1S/C33H30ClN5O4S2/c1-3-4-9-18-43-23-15-13-21(14-16-23)28-26(29(40)27-20(2)35-25-12-7-8-17-38(25)27)30(41)31(42)39(28)32-36-37-33(45-32)44-19-22-10-5-6-11-24(22)34/h5-8,10-17,28,40H,3-4,9,18-19H2,1-2H3. The molecule has 3 aromatic heterocycles. The van der Waals surface area contributed by atoms with Crippen molar-refractivity contribution >= 4 is 62.9 Å². The maximum atomic E-state index is 13.8. The maximum Gasteiger partial charge on any atom is 0.301 e. The van der Waals surface area contributed by atoms with Crippen molar-refractivity contribution in [3.63, 3.8) is 0 Å². The molecule has 0 bridgehead atoms. The second kappa shape index (κ2) is 13.4. The topological polar surface area (TPSA) is 110 Å². The van der Waals surface area contributed by atoms with E-state index in [0.717, 1.165) is 24.8 Å². The number of Topliss-reactive ketones (excluding diaryl/α,β-unsaturated/α-hetero) is 1. The number of halogens is 1. The Kier molecular flexibility index (Phi) is 9.20. The van der Waals surface area contributed by atoms with Gasteiger partial charge in [-0.2, -0.15) is 0 Å². The Morgan fingerprint density at radius 3 is 2.60 bits per heavy atom. The van der Waals surface area contributed by atoms with E-state index in [2.05, 4.69) is 22.1 Å². The maximum absolute atomic E-state index is 13.8. The van der Waals surface area contributed by atoms with Gasteiger partial charge in [0.15, 0.2) is 10.1 Å². The minimum absolute atomic E-state index is 0.0502. The van der Waals surface area contributed by atoms with Crippen LogP contribution in [-0.2, 0) is 15.3 Å². The number of carbonyl (C=O) groups excluding carboxylic acids is 2. The molecule has 0 saturated carbocycles. The molecule has 1 atom stereocenters. The first kappa shape index (κ1) is 30.8. The van der Waals surface area contributed by atoms with Crippen molar-refractivity contribution < 1.29 is 19.4 Å². The van der Waals surface area contributed by atoms with Crippen molar-refractivity contribution in [2.24, 2.45) is 0 Å². The van der Waals surface area contributed by atoms with Crippen molar-refractivity contribution in [3.05, 3.63) is 106 Å². The predicted molar refractivity (Wildman–Crippen MR) is 177 cm³/mol.